The summed E-state index contributed by atoms with van der Waals surface area (Å²) in [4.78, 5) is 0. The van der Waals surface area contributed by atoms with Gasteiger partial charge in [-0.1, -0.05) is 6.07 Å². The zero-order valence-electron chi connectivity index (χ0n) is 9.56. The molecule has 0 spiro atoms. The van der Waals surface area contributed by atoms with Crippen LogP contribution in [0.4, 0.5) is 0 Å². The van der Waals surface area contributed by atoms with E-state index >= 15 is 0 Å². The predicted octanol–water partition coefficient (Wildman–Crippen LogP) is 2.64. The molecule has 0 saturated heterocycles. The minimum atomic E-state index is 0.632. The normalized spacial score (nSPS) is 10.4. The van der Waals surface area contributed by atoms with E-state index in [0.29, 0.717) is 5.88 Å². The molecule has 3 heteroatoms. The van der Waals surface area contributed by atoms with Gasteiger partial charge in [-0.25, -0.2) is 0 Å². The highest BCUT2D eigenvalue weighted by Gasteiger charge is 2.04. The van der Waals surface area contributed by atoms with E-state index in [1.54, 1.807) is 7.11 Å². The molecule has 0 radical (unpaired) electrons. The van der Waals surface area contributed by atoms with Crippen molar-refractivity contribution in [1.29, 1.82) is 0 Å². The second kappa shape index (κ2) is 5.99. The van der Waals surface area contributed by atoms with Gasteiger partial charge in [-0.3, -0.25) is 0 Å². The smallest absolute Gasteiger partial charge is 0.123 e. The maximum absolute atomic E-state index is 5.60. The molecule has 1 aromatic rings. The van der Waals surface area contributed by atoms with Crippen molar-refractivity contribution in [2.75, 3.05) is 19.5 Å². The van der Waals surface area contributed by atoms with Crippen LogP contribution in [0.1, 0.15) is 16.7 Å². The van der Waals surface area contributed by atoms with Gasteiger partial charge >= 0.3 is 0 Å². The minimum absolute atomic E-state index is 0.632. The molecule has 1 rings (SSSR count). The molecule has 15 heavy (non-hydrogen) atoms. The number of alkyl halides is 1. The fraction of sp³-hybridized carbons (Fsp3) is 0.500. The molecule has 1 aromatic carbocycles. The summed E-state index contributed by atoms with van der Waals surface area (Å²) in [6.07, 6.45) is 0. The summed E-state index contributed by atoms with van der Waals surface area (Å²) in [6, 6.07) is 4.24. The quantitative estimate of drug-likeness (QED) is 0.617. The van der Waals surface area contributed by atoms with E-state index in [9.17, 15) is 0 Å². The third-order valence-electron chi connectivity index (χ3n) is 2.48. The maximum atomic E-state index is 5.60. The second-order valence-corrected chi connectivity index (χ2v) is 3.99. The lowest BCUT2D eigenvalue weighted by Crippen LogP contribution is -2.16. The molecule has 2 nitrogen and oxygen atoms in total. The SMILES string of the molecule is COc1cc(C)c(C)cc1CNCCCl. The number of ether oxygens (including phenoxy) is 1. The molecule has 0 heterocycles. The highest BCUT2D eigenvalue weighted by molar-refractivity contribution is 6.18. The average Bonchev–Trinajstić information content (AvgIpc) is 2.23. The summed E-state index contributed by atoms with van der Waals surface area (Å²) in [7, 11) is 1.70. The fourth-order valence-corrected chi connectivity index (χ4v) is 1.60. The van der Waals surface area contributed by atoms with Crippen molar-refractivity contribution in [2.24, 2.45) is 0 Å². The monoisotopic (exact) mass is 227 g/mol. The minimum Gasteiger partial charge on any atom is -0.496 e. The van der Waals surface area contributed by atoms with Gasteiger partial charge in [-0.05, 0) is 31.0 Å². The van der Waals surface area contributed by atoms with Crippen molar-refractivity contribution >= 4 is 11.6 Å². The number of rotatable bonds is 5. The van der Waals surface area contributed by atoms with Crippen molar-refractivity contribution in [3.05, 3.63) is 28.8 Å². The van der Waals surface area contributed by atoms with Crippen LogP contribution in [0.25, 0.3) is 0 Å². The molecule has 0 saturated carbocycles. The van der Waals surface area contributed by atoms with E-state index in [-0.39, 0.29) is 0 Å². The first-order chi connectivity index (χ1) is 7.19. The Morgan fingerprint density at radius 2 is 1.93 bits per heavy atom. The lowest BCUT2D eigenvalue weighted by molar-refractivity contribution is 0.407. The van der Waals surface area contributed by atoms with Gasteiger partial charge in [0.25, 0.3) is 0 Å². The Balaban J connectivity index is 2.80. The van der Waals surface area contributed by atoms with E-state index < -0.39 is 0 Å². The summed E-state index contributed by atoms with van der Waals surface area (Å²) in [5.74, 6) is 1.58. The summed E-state index contributed by atoms with van der Waals surface area (Å²) < 4.78 is 5.34. The summed E-state index contributed by atoms with van der Waals surface area (Å²) in [5.41, 5.74) is 3.73. The van der Waals surface area contributed by atoms with Crippen molar-refractivity contribution in [2.45, 2.75) is 20.4 Å². The van der Waals surface area contributed by atoms with Crippen LogP contribution in [0, 0.1) is 13.8 Å². The molecule has 0 aliphatic carbocycles. The number of benzene rings is 1. The van der Waals surface area contributed by atoms with Crippen LogP contribution in [0.5, 0.6) is 5.75 Å². The topological polar surface area (TPSA) is 21.3 Å². The third kappa shape index (κ3) is 3.40. The second-order valence-electron chi connectivity index (χ2n) is 3.61. The highest BCUT2D eigenvalue weighted by Crippen LogP contribution is 2.22. The standard InChI is InChI=1S/C12H18ClNO/c1-9-6-11(8-14-5-4-13)12(15-3)7-10(9)2/h6-7,14H,4-5,8H2,1-3H3. The molecular weight excluding hydrogens is 210 g/mol. The van der Waals surface area contributed by atoms with Gasteiger partial charge in [-0.2, -0.15) is 0 Å². The molecule has 0 aliphatic rings. The molecule has 0 aromatic heterocycles. The zero-order valence-corrected chi connectivity index (χ0v) is 10.3. The lowest BCUT2D eigenvalue weighted by Gasteiger charge is -2.12. The Morgan fingerprint density at radius 1 is 1.27 bits per heavy atom. The van der Waals surface area contributed by atoms with Crippen LogP contribution in [0.15, 0.2) is 12.1 Å². The van der Waals surface area contributed by atoms with E-state index in [2.05, 4.69) is 31.3 Å². The lowest BCUT2D eigenvalue weighted by atomic mass is 10.1. The third-order valence-corrected chi connectivity index (χ3v) is 2.67. The summed E-state index contributed by atoms with van der Waals surface area (Å²) >= 11 is 5.60. The first kappa shape index (κ1) is 12.3. The molecular formula is C12H18ClNO. The van der Waals surface area contributed by atoms with Gasteiger partial charge in [0.15, 0.2) is 0 Å². The van der Waals surface area contributed by atoms with Crippen LogP contribution < -0.4 is 10.1 Å². The molecule has 1 N–H and O–H groups in total. The highest BCUT2D eigenvalue weighted by atomic mass is 35.5. The van der Waals surface area contributed by atoms with Gasteiger partial charge in [0.05, 0.1) is 7.11 Å². The predicted molar refractivity (Wildman–Crippen MR) is 64.9 cm³/mol. The molecule has 0 amide bonds. The fourth-order valence-electron chi connectivity index (χ4n) is 1.47. The molecule has 0 unspecified atom stereocenters. The van der Waals surface area contributed by atoms with Crippen LogP contribution in [0.3, 0.4) is 0 Å². The number of halogens is 1. The Bertz CT molecular complexity index is 326. The number of hydrogen-bond donors (Lipinski definition) is 1. The number of nitrogens with one attached hydrogen (secondary N) is 1. The van der Waals surface area contributed by atoms with Crippen LogP contribution in [0.2, 0.25) is 0 Å². The van der Waals surface area contributed by atoms with Crippen LogP contribution in [-0.4, -0.2) is 19.5 Å². The van der Waals surface area contributed by atoms with E-state index in [4.69, 9.17) is 16.3 Å². The summed E-state index contributed by atoms with van der Waals surface area (Å²) in [5, 5.41) is 3.26. The van der Waals surface area contributed by atoms with Gasteiger partial charge in [-0.15, -0.1) is 11.6 Å². The molecule has 0 fully saturated rings. The van der Waals surface area contributed by atoms with Crippen molar-refractivity contribution < 1.29 is 4.74 Å². The maximum Gasteiger partial charge on any atom is 0.123 e. The van der Waals surface area contributed by atoms with E-state index in [1.807, 2.05) is 0 Å². The van der Waals surface area contributed by atoms with Crippen molar-refractivity contribution in [3.63, 3.8) is 0 Å². The molecule has 0 atom stereocenters. The van der Waals surface area contributed by atoms with Crippen LogP contribution >= 0.6 is 11.6 Å². The Hall–Kier alpha value is -0.730. The van der Waals surface area contributed by atoms with Crippen molar-refractivity contribution in [3.8, 4) is 5.75 Å². The largest absolute Gasteiger partial charge is 0.496 e. The molecule has 0 bridgehead atoms. The molecule has 0 aliphatic heterocycles. The number of aryl methyl sites for hydroxylation is 2. The van der Waals surface area contributed by atoms with E-state index in [1.165, 1.54) is 16.7 Å². The molecule has 84 valence electrons. The number of methoxy groups -OCH3 is 1. The van der Waals surface area contributed by atoms with E-state index in [0.717, 1.165) is 18.8 Å². The Morgan fingerprint density at radius 3 is 2.53 bits per heavy atom. The summed E-state index contributed by atoms with van der Waals surface area (Å²) in [6.45, 7) is 5.82. The first-order valence-electron chi connectivity index (χ1n) is 5.09. The Labute approximate surface area is 96.6 Å². The Kier molecular flexibility index (Phi) is 4.92. The van der Waals surface area contributed by atoms with Gasteiger partial charge in [0, 0.05) is 24.5 Å². The van der Waals surface area contributed by atoms with Gasteiger partial charge < -0.3 is 10.1 Å². The average molecular weight is 228 g/mol. The van der Waals surface area contributed by atoms with Crippen molar-refractivity contribution in [1.82, 2.24) is 5.32 Å². The van der Waals surface area contributed by atoms with Gasteiger partial charge in [0.2, 0.25) is 0 Å². The number of hydrogen-bond acceptors (Lipinski definition) is 2. The first-order valence-corrected chi connectivity index (χ1v) is 5.63. The van der Waals surface area contributed by atoms with Gasteiger partial charge in [0.1, 0.15) is 5.75 Å². The zero-order chi connectivity index (χ0) is 11.3. The van der Waals surface area contributed by atoms with Crippen LogP contribution in [-0.2, 0) is 6.54 Å².